The minimum Gasteiger partial charge on any atom is -0.481 e. The number of carbonyl (C=O) groups is 6. The molecule has 2 rings (SSSR count). The minimum atomic E-state index is -1.19. The molecule has 1 aromatic carbocycles. The first kappa shape index (κ1) is 52.5. The molecule has 1 aliphatic carbocycles. The van der Waals surface area contributed by atoms with E-state index in [0.717, 1.165) is 37.7 Å². The van der Waals surface area contributed by atoms with Crippen molar-refractivity contribution in [3.63, 3.8) is 0 Å². The summed E-state index contributed by atoms with van der Waals surface area (Å²) in [5.41, 5.74) is -5.70. The number of carbonyl (C=O) groups excluding carboxylic acids is 4. The maximum Gasteiger partial charge on any atom is 0.312 e. The van der Waals surface area contributed by atoms with E-state index in [4.69, 9.17) is 18.9 Å². The molecule has 1 fully saturated rings. The predicted molar refractivity (Wildman–Crippen MR) is 226 cm³/mol. The Labute approximate surface area is 352 Å². The lowest BCUT2D eigenvalue weighted by Gasteiger charge is -2.39. The van der Waals surface area contributed by atoms with E-state index >= 15 is 0 Å². The summed E-state index contributed by atoms with van der Waals surface area (Å²) in [7, 11) is 0. The van der Waals surface area contributed by atoms with Crippen molar-refractivity contribution in [3.8, 4) is 0 Å². The molecule has 1 aliphatic rings. The zero-order valence-electron chi connectivity index (χ0n) is 37.4. The van der Waals surface area contributed by atoms with Gasteiger partial charge in [-0.3, -0.25) is 28.8 Å². The number of ether oxygens (including phenoxy) is 4. The Morgan fingerprint density at radius 1 is 0.593 bits per heavy atom. The van der Waals surface area contributed by atoms with Crippen molar-refractivity contribution in [1.82, 2.24) is 0 Å². The van der Waals surface area contributed by atoms with Crippen molar-refractivity contribution in [2.24, 2.45) is 32.5 Å². The molecule has 0 amide bonds. The zero-order chi connectivity index (χ0) is 45.3. The third kappa shape index (κ3) is 15.9. The number of aliphatic carboxylic acids is 2. The van der Waals surface area contributed by atoms with Gasteiger partial charge in [0.25, 0.3) is 0 Å². The van der Waals surface area contributed by atoms with Gasteiger partial charge < -0.3 is 29.2 Å². The molecule has 1 saturated carbocycles. The van der Waals surface area contributed by atoms with Gasteiger partial charge in [-0.15, -0.1) is 0 Å². The topological polar surface area (TPSA) is 180 Å². The summed E-state index contributed by atoms with van der Waals surface area (Å²) in [5, 5.41) is 19.4. The lowest BCUT2D eigenvalue weighted by molar-refractivity contribution is -0.170. The number of hydrogen-bond donors (Lipinski definition) is 2. The second-order valence-electron chi connectivity index (χ2n) is 18.5. The summed E-state index contributed by atoms with van der Waals surface area (Å²) in [4.78, 5) is 75.3. The van der Waals surface area contributed by atoms with Crippen LogP contribution in [0.2, 0.25) is 0 Å². The first-order chi connectivity index (χ1) is 27.3. The number of esters is 4. The summed E-state index contributed by atoms with van der Waals surface area (Å²) in [6.45, 7) is 24.3. The average Bonchev–Trinajstić information content (AvgIpc) is 3.18. The quantitative estimate of drug-likeness (QED) is 0.0607. The molecule has 1 aromatic rings. The first-order valence-electron chi connectivity index (χ1n) is 20.8. The van der Waals surface area contributed by atoms with Gasteiger partial charge >= 0.3 is 35.8 Å². The van der Waals surface area contributed by atoms with Crippen molar-refractivity contribution in [1.29, 1.82) is 0 Å². The maximum atomic E-state index is 12.9. The standard InChI is InChI=1S/C24H34O6.C23H38O6/c1-7-14-29-21(28)24(6,17-23(5,8-2)19(25)26)16-22(3,4)20(27)30-15-18-12-10-9-11-13-18;1-7-14-28-20(27)23(6,16-22(5,8-2)18(24)25)15-21(3,4)19(26)29-17-12-10-9-11-13-17/h7,9-13H,1,8,14-17H2,2-6H3,(H,25,26);7,17H,1,8-16H2,2-6H3,(H,24,25). The fraction of sp³-hybridized carbons (Fsp3) is 0.660. The number of benzene rings is 1. The van der Waals surface area contributed by atoms with Crippen LogP contribution in [-0.2, 0) is 54.3 Å². The highest BCUT2D eigenvalue weighted by molar-refractivity contribution is 5.83. The van der Waals surface area contributed by atoms with Crippen LogP contribution in [0, 0.1) is 32.5 Å². The van der Waals surface area contributed by atoms with Gasteiger partial charge in [-0.25, -0.2) is 0 Å². The Hall–Kier alpha value is -4.48. The van der Waals surface area contributed by atoms with Crippen LogP contribution in [0.4, 0.5) is 0 Å². The summed E-state index contributed by atoms with van der Waals surface area (Å²) >= 11 is 0. The molecule has 0 aromatic heterocycles. The average molecular weight is 829 g/mol. The Kier molecular flexibility index (Phi) is 20.3. The van der Waals surface area contributed by atoms with Crippen LogP contribution in [0.15, 0.2) is 55.6 Å². The van der Waals surface area contributed by atoms with E-state index in [9.17, 15) is 39.0 Å². The molecular weight excluding hydrogens is 757 g/mol. The highest BCUT2D eigenvalue weighted by Crippen LogP contribution is 2.47. The van der Waals surface area contributed by atoms with Gasteiger partial charge in [0.1, 0.15) is 25.9 Å². The van der Waals surface area contributed by atoms with Crippen LogP contribution >= 0.6 is 0 Å². The third-order valence-electron chi connectivity index (χ3n) is 11.6. The van der Waals surface area contributed by atoms with E-state index < -0.39 is 62.3 Å². The first-order valence-corrected chi connectivity index (χ1v) is 20.8. The Balaban J connectivity index is 0.000000590. The zero-order valence-corrected chi connectivity index (χ0v) is 37.4. The summed E-state index contributed by atoms with van der Waals surface area (Å²) in [5.74, 6) is -3.82. The van der Waals surface area contributed by atoms with Crippen molar-refractivity contribution < 1.29 is 57.9 Å². The third-order valence-corrected chi connectivity index (χ3v) is 11.6. The Morgan fingerprint density at radius 3 is 1.37 bits per heavy atom. The highest BCUT2D eigenvalue weighted by atomic mass is 16.6. The van der Waals surface area contributed by atoms with Gasteiger partial charge in [0.2, 0.25) is 0 Å². The van der Waals surface area contributed by atoms with Gasteiger partial charge in [-0.2, -0.15) is 0 Å². The van der Waals surface area contributed by atoms with Crippen molar-refractivity contribution >= 4 is 35.8 Å². The minimum absolute atomic E-state index is 0.0171. The maximum absolute atomic E-state index is 12.9. The fourth-order valence-electron chi connectivity index (χ4n) is 7.96. The summed E-state index contributed by atoms with van der Waals surface area (Å²) in [6, 6.07) is 9.31. The molecule has 0 bridgehead atoms. The van der Waals surface area contributed by atoms with E-state index in [1.54, 1.807) is 69.2 Å². The van der Waals surface area contributed by atoms with Crippen LogP contribution in [-0.4, -0.2) is 65.3 Å². The number of carboxylic acids is 2. The molecule has 59 heavy (non-hydrogen) atoms. The van der Waals surface area contributed by atoms with Crippen LogP contribution in [0.25, 0.3) is 0 Å². The molecule has 0 saturated heterocycles. The normalized spacial score (nSPS) is 17.4. The SMILES string of the molecule is C=CCOC(=O)C(C)(CC(C)(C)C(=O)OC1CCCCC1)CC(C)(CC)C(=O)O.C=CCOC(=O)C(C)(CC(C)(C)C(=O)OCc1ccccc1)CC(C)(CC)C(=O)O. The molecule has 12 nitrogen and oxygen atoms in total. The molecule has 2 N–H and O–H groups in total. The van der Waals surface area contributed by atoms with Crippen molar-refractivity contribution in [2.75, 3.05) is 13.2 Å². The van der Waals surface area contributed by atoms with Crippen LogP contribution < -0.4 is 0 Å². The van der Waals surface area contributed by atoms with Gasteiger partial charge in [-0.05, 0) is 125 Å². The Morgan fingerprint density at radius 2 is 1.00 bits per heavy atom. The molecule has 4 unspecified atom stereocenters. The molecule has 332 valence electrons. The second kappa shape index (κ2) is 22.8. The van der Waals surface area contributed by atoms with Crippen molar-refractivity contribution in [3.05, 3.63) is 61.2 Å². The Bertz CT molecular complexity index is 1590. The number of carboxylic acid groups (broad SMARTS) is 2. The molecule has 0 heterocycles. The lowest BCUT2D eigenvalue weighted by atomic mass is 9.65. The predicted octanol–water partition coefficient (Wildman–Crippen LogP) is 9.68. The van der Waals surface area contributed by atoms with Gasteiger partial charge in [0.15, 0.2) is 0 Å². The smallest absolute Gasteiger partial charge is 0.312 e. The van der Waals surface area contributed by atoms with E-state index in [0.29, 0.717) is 12.8 Å². The largest absolute Gasteiger partial charge is 0.481 e. The van der Waals surface area contributed by atoms with Gasteiger partial charge in [0, 0.05) is 0 Å². The van der Waals surface area contributed by atoms with Crippen LogP contribution in [0.1, 0.15) is 145 Å². The van der Waals surface area contributed by atoms with Gasteiger partial charge in [0.05, 0.1) is 32.5 Å². The molecule has 4 atom stereocenters. The second-order valence-corrected chi connectivity index (χ2v) is 18.5. The van der Waals surface area contributed by atoms with E-state index in [1.165, 1.54) is 12.2 Å². The molecule has 0 aliphatic heterocycles. The lowest BCUT2D eigenvalue weighted by Crippen LogP contribution is -2.44. The monoisotopic (exact) mass is 829 g/mol. The van der Waals surface area contributed by atoms with E-state index in [1.807, 2.05) is 30.3 Å². The molecule has 0 radical (unpaired) electrons. The summed E-state index contributed by atoms with van der Waals surface area (Å²) < 4.78 is 21.8. The number of rotatable bonds is 23. The number of hydrogen-bond acceptors (Lipinski definition) is 10. The van der Waals surface area contributed by atoms with Crippen LogP contribution in [0.5, 0.6) is 0 Å². The molecule has 0 spiro atoms. The van der Waals surface area contributed by atoms with Crippen molar-refractivity contribution in [2.45, 2.75) is 153 Å². The fourth-order valence-corrected chi connectivity index (χ4v) is 7.96. The van der Waals surface area contributed by atoms with E-state index in [2.05, 4.69) is 13.2 Å². The molecule has 12 heteroatoms. The highest BCUT2D eigenvalue weighted by Gasteiger charge is 2.51. The van der Waals surface area contributed by atoms with Crippen LogP contribution in [0.3, 0.4) is 0 Å². The summed E-state index contributed by atoms with van der Waals surface area (Å²) in [6.07, 6.45) is 8.89. The van der Waals surface area contributed by atoms with E-state index in [-0.39, 0.29) is 57.6 Å². The van der Waals surface area contributed by atoms with Gasteiger partial charge in [-0.1, -0.05) is 75.9 Å². The molecular formula is C47H72O12.